The molecule has 0 aromatic heterocycles. The Balaban J connectivity index is 1.84. The standard InChI is InChI=1S/C18H20ClNOS/c1-13(15-7-4-3-5-8-15)12-20-18(21)14(2)22-17-10-6-9-16(19)11-17/h3-11,13-14H,12H2,1-2H3,(H,20,21). The van der Waals surface area contributed by atoms with E-state index in [-0.39, 0.29) is 11.2 Å². The first-order chi connectivity index (χ1) is 10.6. The zero-order valence-electron chi connectivity index (χ0n) is 12.8. The smallest absolute Gasteiger partial charge is 0.233 e. The number of amides is 1. The van der Waals surface area contributed by atoms with Crippen molar-refractivity contribution in [3.8, 4) is 0 Å². The highest BCUT2D eigenvalue weighted by Crippen LogP contribution is 2.25. The topological polar surface area (TPSA) is 29.1 Å². The normalized spacial score (nSPS) is 13.4. The average Bonchev–Trinajstić information content (AvgIpc) is 2.53. The molecule has 4 heteroatoms. The first-order valence-electron chi connectivity index (χ1n) is 7.31. The molecular formula is C18H20ClNOS. The van der Waals surface area contributed by atoms with Crippen molar-refractivity contribution >= 4 is 29.3 Å². The molecule has 2 unspecified atom stereocenters. The lowest BCUT2D eigenvalue weighted by Crippen LogP contribution is -2.33. The molecule has 1 amide bonds. The molecule has 2 atom stereocenters. The Morgan fingerprint density at radius 3 is 2.55 bits per heavy atom. The minimum absolute atomic E-state index is 0.0488. The zero-order chi connectivity index (χ0) is 15.9. The van der Waals surface area contributed by atoms with E-state index in [1.165, 1.54) is 17.3 Å². The molecule has 2 aromatic rings. The molecule has 2 nitrogen and oxygen atoms in total. The van der Waals surface area contributed by atoms with E-state index >= 15 is 0 Å². The van der Waals surface area contributed by atoms with Gasteiger partial charge in [0.1, 0.15) is 0 Å². The van der Waals surface area contributed by atoms with E-state index in [9.17, 15) is 4.79 Å². The van der Waals surface area contributed by atoms with Crippen LogP contribution in [0.5, 0.6) is 0 Å². The Morgan fingerprint density at radius 1 is 1.14 bits per heavy atom. The SMILES string of the molecule is CC(Sc1cccc(Cl)c1)C(=O)NCC(C)c1ccccc1. The molecule has 2 rings (SSSR count). The maximum Gasteiger partial charge on any atom is 0.233 e. The molecule has 0 spiro atoms. The van der Waals surface area contributed by atoms with Crippen molar-refractivity contribution in [3.05, 3.63) is 65.2 Å². The third-order valence-electron chi connectivity index (χ3n) is 3.43. The van der Waals surface area contributed by atoms with Gasteiger partial charge < -0.3 is 5.32 Å². The fourth-order valence-corrected chi connectivity index (χ4v) is 3.30. The van der Waals surface area contributed by atoms with E-state index in [0.717, 1.165) is 4.90 Å². The number of halogens is 1. The van der Waals surface area contributed by atoms with E-state index in [0.29, 0.717) is 17.5 Å². The monoisotopic (exact) mass is 333 g/mol. The van der Waals surface area contributed by atoms with Gasteiger partial charge in [0.25, 0.3) is 0 Å². The van der Waals surface area contributed by atoms with Crippen molar-refractivity contribution in [1.82, 2.24) is 5.32 Å². The van der Waals surface area contributed by atoms with Crippen molar-refractivity contribution < 1.29 is 4.79 Å². The number of nitrogens with one attached hydrogen (secondary N) is 1. The summed E-state index contributed by atoms with van der Waals surface area (Å²) in [6.45, 7) is 4.67. The summed E-state index contributed by atoms with van der Waals surface area (Å²) in [7, 11) is 0. The minimum atomic E-state index is -0.151. The number of rotatable bonds is 6. The van der Waals surface area contributed by atoms with Crippen LogP contribution in [-0.4, -0.2) is 17.7 Å². The van der Waals surface area contributed by atoms with Crippen LogP contribution >= 0.6 is 23.4 Å². The van der Waals surface area contributed by atoms with Gasteiger partial charge in [0, 0.05) is 16.5 Å². The van der Waals surface area contributed by atoms with Crippen molar-refractivity contribution in [3.63, 3.8) is 0 Å². The van der Waals surface area contributed by atoms with Crippen molar-refractivity contribution in [1.29, 1.82) is 0 Å². The van der Waals surface area contributed by atoms with Gasteiger partial charge in [0.05, 0.1) is 5.25 Å². The van der Waals surface area contributed by atoms with Crippen LogP contribution in [0.1, 0.15) is 25.3 Å². The molecule has 0 fully saturated rings. The second-order valence-electron chi connectivity index (χ2n) is 5.27. The third kappa shape index (κ3) is 5.08. The predicted molar refractivity (Wildman–Crippen MR) is 94.6 cm³/mol. The van der Waals surface area contributed by atoms with Gasteiger partial charge >= 0.3 is 0 Å². The Kier molecular flexibility index (Phi) is 6.34. The van der Waals surface area contributed by atoms with Crippen LogP contribution in [0.2, 0.25) is 5.02 Å². The molecule has 1 N–H and O–H groups in total. The van der Waals surface area contributed by atoms with Crippen molar-refractivity contribution in [2.75, 3.05) is 6.54 Å². The molecule has 0 bridgehead atoms. The molecule has 116 valence electrons. The van der Waals surface area contributed by atoms with Crippen LogP contribution in [0.15, 0.2) is 59.5 Å². The summed E-state index contributed by atoms with van der Waals surface area (Å²) < 4.78 is 0. The highest BCUT2D eigenvalue weighted by Gasteiger charge is 2.15. The van der Waals surface area contributed by atoms with Gasteiger partial charge in [-0.1, -0.05) is 54.9 Å². The zero-order valence-corrected chi connectivity index (χ0v) is 14.3. The van der Waals surface area contributed by atoms with Gasteiger partial charge in [0.15, 0.2) is 0 Å². The van der Waals surface area contributed by atoms with Gasteiger partial charge in [0.2, 0.25) is 5.91 Å². The van der Waals surface area contributed by atoms with E-state index < -0.39 is 0 Å². The Morgan fingerprint density at radius 2 is 1.86 bits per heavy atom. The molecule has 22 heavy (non-hydrogen) atoms. The van der Waals surface area contributed by atoms with Gasteiger partial charge in [-0.15, -0.1) is 11.8 Å². The molecular weight excluding hydrogens is 314 g/mol. The van der Waals surface area contributed by atoms with Gasteiger partial charge in [-0.3, -0.25) is 4.79 Å². The first kappa shape index (κ1) is 16.9. The van der Waals surface area contributed by atoms with Gasteiger partial charge in [-0.25, -0.2) is 0 Å². The summed E-state index contributed by atoms with van der Waals surface area (Å²) in [6.07, 6.45) is 0. The molecule has 2 aromatic carbocycles. The van der Waals surface area contributed by atoms with E-state index in [4.69, 9.17) is 11.6 Å². The number of benzene rings is 2. The number of hydrogen-bond acceptors (Lipinski definition) is 2. The summed E-state index contributed by atoms with van der Waals surface area (Å²) in [5, 5.41) is 3.56. The molecule has 0 saturated heterocycles. The van der Waals surface area contributed by atoms with E-state index in [1.54, 1.807) is 0 Å². The molecule has 0 heterocycles. The molecule has 0 saturated carbocycles. The highest BCUT2D eigenvalue weighted by molar-refractivity contribution is 8.00. The number of hydrogen-bond donors (Lipinski definition) is 1. The summed E-state index contributed by atoms with van der Waals surface area (Å²) in [5.74, 6) is 0.348. The third-order valence-corrected chi connectivity index (χ3v) is 4.76. The lowest BCUT2D eigenvalue weighted by atomic mass is 10.0. The van der Waals surface area contributed by atoms with Crippen LogP contribution in [0.4, 0.5) is 0 Å². The summed E-state index contributed by atoms with van der Waals surface area (Å²) in [4.78, 5) is 13.2. The summed E-state index contributed by atoms with van der Waals surface area (Å²) in [5.41, 5.74) is 1.23. The van der Waals surface area contributed by atoms with Crippen LogP contribution in [0.25, 0.3) is 0 Å². The number of carbonyl (C=O) groups is 1. The van der Waals surface area contributed by atoms with E-state index in [1.807, 2.05) is 49.4 Å². The maximum atomic E-state index is 12.2. The Hall–Kier alpha value is -1.45. The molecule has 0 aliphatic rings. The Bertz CT molecular complexity index is 617. The fourth-order valence-electron chi connectivity index (χ4n) is 2.09. The fraction of sp³-hybridized carbons (Fsp3) is 0.278. The maximum absolute atomic E-state index is 12.2. The van der Waals surface area contributed by atoms with Crippen LogP contribution < -0.4 is 5.32 Å². The van der Waals surface area contributed by atoms with Crippen molar-refractivity contribution in [2.45, 2.75) is 29.9 Å². The number of carbonyl (C=O) groups excluding carboxylic acids is 1. The lowest BCUT2D eigenvalue weighted by Gasteiger charge is -2.16. The second kappa shape index (κ2) is 8.25. The summed E-state index contributed by atoms with van der Waals surface area (Å²) >= 11 is 7.48. The van der Waals surface area contributed by atoms with Gasteiger partial charge in [-0.05, 0) is 36.6 Å². The molecule has 0 aliphatic carbocycles. The average molecular weight is 334 g/mol. The highest BCUT2D eigenvalue weighted by atomic mass is 35.5. The quantitative estimate of drug-likeness (QED) is 0.773. The predicted octanol–water partition coefficient (Wildman–Crippen LogP) is 4.74. The minimum Gasteiger partial charge on any atom is -0.355 e. The molecule has 0 aliphatic heterocycles. The summed E-state index contributed by atoms with van der Waals surface area (Å²) in [6, 6.07) is 17.8. The van der Waals surface area contributed by atoms with Gasteiger partial charge in [-0.2, -0.15) is 0 Å². The van der Waals surface area contributed by atoms with Crippen LogP contribution in [-0.2, 0) is 4.79 Å². The van der Waals surface area contributed by atoms with Crippen molar-refractivity contribution in [2.24, 2.45) is 0 Å². The largest absolute Gasteiger partial charge is 0.355 e. The Labute approximate surface area is 141 Å². The second-order valence-corrected chi connectivity index (χ2v) is 7.12. The molecule has 0 radical (unpaired) electrons. The van der Waals surface area contributed by atoms with Crippen LogP contribution in [0.3, 0.4) is 0 Å². The van der Waals surface area contributed by atoms with E-state index in [2.05, 4.69) is 24.4 Å². The number of thioether (sulfide) groups is 1. The lowest BCUT2D eigenvalue weighted by molar-refractivity contribution is -0.120. The first-order valence-corrected chi connectivity index (χ1v) is 8.57. The van der Waals surface area contributed by atoms with Crippen LogP contribution in [0, 0.1) is 0 Å².